The number of carbonyl (C=O) groups excluding carboxylic acids is 1. The number of nitriles is 1. The number of anilines is 1. The van der Waals surface area contributed by atoms with E-state index in [4.69, 9.17) is 4.74 Å². The third kappa shape index (κ3) is 5.91. The molecule has 2 aromatic carbocycles. The highest BCUT2D eigenvalue weighted by Gasteiger charge is 2.40. The second-order valence-electron chi connectivity index (χ2n) is 9.30. The van der Waals surface area contributed by atoms with Gasteiger partial charge in [-0.2, -0.15) is 18.4 Å². The largest absolute Gasteiger partial charge is 0.478 e. The fourth-order valence-corrected chi connectivity index (χ4v) is 4.91. The lowest BCUT2D eigenvalue weighted by Gasteiger charge is -2.34. The first kappa shape index (κ1) is 26.5. The molecule has 0 radical (unpaired) electrons. The Morgan fingerprint density at radius 3 is 2.41 bits per heavy atom. The van der Waals surface area contributed by atoms with Gasteiger partial charge < -0.3 is 9.47 Å². The highest BCUT2D eigenvalue weighted by atomic mass is 32.2. The molecule has 7 nitrogen and oxygen atoms in total. The molecule has 0 bridgehead atoms. The van der Waals surface area contributed by atoms with Crippen molar-refractivity contribution in [3.8, 4) is 11.8 Å². The predicted molar refractivity (Wildman–Crippen MR) is 131 cm³/mol. The Kier molecular flexibility index (Phi) is 7.24. The van der Waals surface area contributed by atoms with Crippen molar-refractivity contribution in [2.45, 2.75) is 44.4 Å². The molecule has 0 heterocycles. The lowest BCUT2D eigenvalue weighted by molar-refractivity contribution is -0.196. The standard InChI is InChI=1S/C26H25F3N2O5S/c1-15(26(27,28)29)36-25(32)31-18-8-6-17(7-9-18)24-22(13-30)20-11-10-19(35-14-37(2,33)34)12-21(20)23(24)16-4-3-5-16/h6-12,15-16,23H,3-5,14H2,1-2H3,(H,31,32)/t15-,23?/m1/s1. The molecule has 1 N–H and O–H groups in total. The molecule has 0 saturated heterocycles. The fraction of sp³-hybridized carbons (Fsp3) is 0.385. The Morgan fingerprint density at radius 2 is 1.86 bits per heavy atom. The van der Waals surface area contributed by atoms with Crippen molar-refractivity contribution in [2.24, 2.45) is 5.92 Å². The Bertz CT molecular complexity index is 1370. The van der Waals surface area contributed by atoms with E-state index in [1.165, 1.54) is 12.1 Å². The number of hydrogen-bond donors (Lipinski definition) is 1. The summed E-state index contributed by atoms with van der Waals surface area (Å²) in [5.74, 6) is 0.139. The van der Waals surface area contributed by atoms with Gasteiger partial charge in [0.25, 0.3) is 0 Å². The molecule has 2 atom stereocenters. The summed E-state index contributed by atoms with van der Waals surface area (Å²) >= 11 is 0. The van der Waals surface area contributed by atoms with Gasteiger partial charge in [-0.05, 0) is 78.3 Å². The molecule has 1 unspecified atom stereocenters. The maximum absolute atomic E-state index is 12.6. The Hall–Kier alpha value is -3.52. The van der Waals surface area contributed by atoms with Crippen LogP contribution in [0.2, 0.25) is 0 Å². The number of carbonyl (C=O) groups is 1. The van der Waals surface area contributed by atoms with Crippen LogP contribution in [0.15, 0.2) is 42.5 Å². The average Bonchev–Trinajstić information content (AvgIpc) is 3.09. The number of hydrogen-bond acceptors (Lipinski definition) is 6. The van der Waals surface area contributed by atoms with Crippen LogP contribution in [0.1, 0.15) is 48.8 Å². The molecule has 0 aliphatic heterocycles. The van der Waals surface area contributed by atoms with Crippen LogP contribution < -0.4 is 10.1 Å². The van der Waals surface area contributed by atoms with Gasteiger partial charge in [0.2, 0.25) is 0 Å². The molecule has 0 spiro atoms. The summed E-state index contributed by atoms with van der Waals surface area (Å²) in [6.07, 6.45) is -4.03. The molecule has 2 aliphatic rings. The van der Waals surface area contributed by atoms with Crippen LogP contribution in [0.4, 0.5) is 23.7 Å². The summed E-state index contributed by atoms with van der Waals surface area (Å²) in [5, 5.41) is 12.3. The van der Waals surface area contributed by atoms with Gasteiger partial charge in [-0.15, -0.1) is 0 Å². The summed E-state index contributed by atoms with van der Waals surface area (Å²) in [4.78, 5) is 11.9. The van der Waals surface area contributed by atoms with Crippen molar-refractivity contribution in [1.29, 1.82) is 5.26 Å². The Balaban J connectivity index is 1.60. The van der Waals surface area contributed by atoms with Gasteiger partial charge in [0, 0.05) is 17.9 Å². The molecule has 4 rings (SSSR count). The number of rotatable bonds is 7. The van der Waals surface area contributed by atoms with Crippen LogP contribution in [0, 0.1) is 17.2 Å². The number of alkyl halides is 3. The summed E-state index contributed by atoms with van der Waals surface area (Å²) in [6.45, 7) is 0.745. The summed E-state index contributed by atoms with van der Waals surface area (Å²) in [5.41, 5.74) is 3.96. The molecule has 196 valence electrons. The van der Waals surface area contributed by atoms with E-state index < -0.39 is 34.1 Å². The summed E-state index contributed by atoms with van der Waals surface area (Å²) in [6, 6.07) is 14.0. The number of nitrogens with one attached hydrogen (secondary N) is 1. The molecule has 1 saturated carbocycles. The van der Waals surface area contributed by atoms with Gasteiger partial charge in [0.15, 0.2) is 21.9 Å². The molecule has 2 aromatic rings. The predicted octanol–water partition coefficient (Wildman–Crippen LogP) is 5.90. The molecule has 1 fully saturated rings. The van der Waals surface area contributed by atoms with E-state index in [9.17, 15) is 31.6 Å². The minimum atomic E-state index is -4.66. The minimum absolute atomic E-state index is 0.100. The number of nitrogens with zero attached hydrogens (tertiary/aromatic N) is 1. The zero-order valence-corrected chi connectivity index (χ0v) is 20.9. The third-order valence-electron chi connectivity index (χ3n) is 6.57. The Morgan fingerprint density at radius 1 is 1.19 bits per heavy atom. The average molecular weight is 535 g/mol. The van der Waals surface area contributed by atoms with Crippen molar-refractivity contribution < 1.29 is 35.9 Å². The number of sulfone groups is 1. The summed E-state index contributed by atoms with van der Waals surface area (Å²) in [7, 11) is -3.34. The van der Waals surface area contributed by atoms with Gasteiger partial charge in [-0.25, -0.2) is 13.2 Å². The van der Waals surface area contributed by atoms with Crippen molar-refractivity contribution in [1.82, 2.24) is 0 Å². The normalized spacial score (nSPS) is 18.4. The zero-order chi connectivity index (χ0) is 27.0. The highest BCUT2D eigenvalue weighted by Crippen LogP contribution is 2.55. The van der Waals surface area contributed by atoms with Crippen LogP contribution in [0.25, 0.3) is 11.1 Å². The van der Waals surface area contributed by atoms with E-state index in [0.29, 0.717) is 17.2 Å². The van der Waals surface area contributed by atoms with Crippen molar-refractivity contribution in [3.63, 3.8) is 0 Å². The molecule has 2 aliphatic carbocycles. The van der Waals surface area contributed by atoms with Crippen LogP contribution in [-0.4, -0.2) is 39.0 Å². The minimum Gasteiger partial charge on any atom is -0.478 e. The van der Waals surface area contributed by atoms with Crippen molar-refractivity contribution in [3.05, 3.63) is 59.2 Å². The molecule has 11 heteroatoms. The van der Waals surface area contributed by atoms with Crippen LogP contribution in [0.3, 0.4) is 0 Å². The first-order valence-corrected chi connectivity index (χ1v) is 13.7. The quantitative estimate of drug-likeness (QED) is 0.474. The SMILES string of the molecule is C[C@@H](OC(=O)Nc1ccc(C2=C(C#N)c3ccc(OCS(C)(=O)=O)cc3C2C2CCC2)cc1)C(F)(F)F. The lowest BCUT2D eigenvalue weighted by atomic mass is 9.70. The number of ether oxygens (including phenoxy) is 2. The molecule has 1 amide bonds. The molecular formula is C26H25F3N2O5S. The van der Waals surface area contributed by atoms with Gasteiger partial charge in [0.1, 0.15) is 11.8 Å². The number of amides is 1. The number of benzene rings is 2. The summed E-state index contributed by atoms with van der Waals surface area (Å²) < 4.78 is 70.8. The first-order valence-electron chi connectivity index (χ1n) is 11.6. The second kappa shape index (κ2) is 10.1. The fourth-order valence-electron chi connectivity index (χ4n) is 4.56. The van der Waals surface area contributed by atoms with Crippen molar-refractivity contribution >= 4 is 32.8 Å². The van der Waals surface area contributed by atoms with Crippen molar-refractivity contribution in [2.75, 3.05) is 17.5 Å². The van der Waals surface area contributed by atoms with Crippen LogP contribution >= 0.6 is 0 Å². The first-order chi connectivity index (χ1) is 17.4. The molecular weight excluding hydrogens is 509 g/mol. The number of fused-ring (bicyclic) bond motifs is 1. The molecule has 37 heavy (non-hydrogen) atoms. The van der Waals surface area contributed by atoms with E-state index in [1.807, 2.05) is 0 Å². The van der Waals surface area contributed by atoms with Gasteiger partial charge in [-0.1, -0.05) is 18.6 Å². The zero-order valence-electron chi connectivity index (χ0n) is 20.1. The second-order valence-corrected chi connectivity index (χ2v) is 11.4. The van der Waals surface area contributed by atoms with E-state index in [1.54, 1.807) is 30.3 Å². The maximum atomic E-state index is 12.6. The van der Waals surface area contributed by atoms with Gasteiger partial charge in [0.05, 0.1) is 5.57 Å². The van der Waals surface area contributed by atoms with Crippen LogP contribution in [-0.2, 0) is 14.6 Å². The monoisotopic (exact) mass is 534 g/mol. The smallest absolute Gasteiger partial charge is 0.425 e. The lowest BCUT2D eigenvalue weighted by Crippen LogP contribution is -2.32. The topological polar surface area (TPSA) is 105 Å². The maximum Gasteiger partial charge on any atom is 0.425 e. The van der Waals surface area contributed by atoms with Gasteiger partial charge >= 0.3 is 12.3 Å². The van der Waals surface area contributed by atoms with E-state index in [2.05, 4.69) is 16.1 Å². The third-order valence-corrected chi connectivity index (χ3v) is 7.11. The van der Waals surface area contributed by atoms with Gasteiger partial charge in [-0.3, -0.25) is 5.32 Å². The Labute approximate surface area is 212 Å². The number of halogens is 3. The van der Waals surface area contributed by atoms with E-state index in [-0.39, 0.29) is 11.6 Å². The van der Waals surface area contributed by atoms with E-state index >= 15 is 0 Å². The number of allylic oxidation sites excluding steroid dienone is 2. The van der Waals surface area contributed by atoms with E-state index in [0.717, 1.165) is 54.7 Å². The highest BCUT2D eigenvalue weighted by molar-refractivity contribution is 7.90. The molecule has 0 aromatic heterocycles. The van der Waals surface area contributed by atoms with Crippen LogP contribution in [0.5, 0.6) is 5.75 Å².